The Balaban J connectivity index is 1.58. The molecule has 0 atom stereocenters. The van der Waals surface area contributed by atoms with Crippen LogP contribution in [0.1, 0.15) is 28.0 Å². The minimum Gasteiger partial charge on any atom is -0.463 e. The molecule has 0 aliphatic carbocycles. The van der Waals surface area contributed by atoms with E-state index in [2.05, 4.69) is 10.1 Å². The number of benzene rings is 1. The molecule has 1 amide bonds. The van der Waals surface area contributed by atoms with Crippen LogP contribution in [-0.2, 0) is 9.53 Å². The molecule has 0 aliphatic heterocycles. The normalized spacial score (nSPS) is 10.8. The number of furan rings is 1. The number of aryl methyl sites for hydroxylation is 2. The largest absolute Gasteiger partial charge is 0.463 e. The van der Waals surface area contributed by atoms with E-state index in [0.717, 1.165) is 5.56 Å². The van der Waals surface area contributed by atoms with E-state index in [1.807, 2.05) is 13.0 Å². The van der Waals surface area contributed by atoms with E-state index in [-0.39, 0.29) is 24.2 Å². The van der Waals surface area contributed by atoms with Crippen LogP contribution in [0.5, 0.6) is 0 Å². The fourth-order valence-corrected chi connectivity index (χ4v) is 3.56. The monoisotopic (exact) mass is 478 g/mol. The van der Waals surface area contributed by atoms with Gasteiger partial charge in [-0.1, -0.05) is 16.8 Å². The van der Waals surface area contributed by atoms with Gasteiger partial charge in [0.2, 0.25) is 0 Å². The molecular formula is C24H19ClN4O5. The number of anilines is 1. The molecule has 0 unspecified atom stereocenters. The van der Waals surface area contributed by atoms with Gasteiger partial charge in [-0.05, 0) is 55.8 Å². The maximum atomic E-state index is 13.0. The van der Waals surface area contributed by atoms with Crippen molar-refractivity contribution in [2.45, 2.75) is 20.3 Å². The van der Waals surface area contributed by atoms with Crippen LogP contribution >= 0.6 is 11.6 Å². The Labute approximate surface area is 199 Å². The van der Waals surface area contributed by atoms with Crippen LogP contribution in [0.3, 0.4) is 0 Å². The molecule has 10 heteroatoms. The molecule has 0 N–H and O–H groups in total. The number of nitrogens with zero attached hydrogens (tertiary/aromatic N) is 4. The van der Waals surface area contributed by atoms with Gasteiger partial charge in [0, 0.05) is 17.3 Å². The highest BCUT2D eigenvalue weighted by Gasteiger charge is 2.23. The number of ether oxygens (including phenoxy) is 1. The third kappa shape index (κ3) is 4.63. The van der Waals surface area contributed by atoms with Gasteiger partial charge in [0.15, 0.2) is 12.4 Å². The first kappa shape index (κ1) is 23.0. The van der Waals surface area contributed by atoms with Gasteiger partial charge in [0.25, 0.3) is 11.6 Å². The van der Waals surface area contributed by atoms with Crippen LogP contribution in [0, 0.1) is 25.2 Å². The van der Waals surface area contributed by atoms with Gasteiger partial charge in [0.1, 0.15) is 5.69 Å². The van der Waals surface area contributed by atoms with Crippen molar-refractivity contribution >= 4 is 40.3 Å². The van der Waals surface area contributed by atoms with E-state index in [4.69, 9.17) is 30.5 Å². The highest BCUT2D eigenvalue weighted by atomic mass is 35.5. The summed E-state index contributed by atoms with van der Waals surface area (Å²) < 4.78 is 16.0. The Morgan fingerprint density at radius 3 is 2.76 bits per heavy atom. The average Bonchev–Trinajstić information content (AvgIpc) is 3.50. The average molecular weight is 479 g/mol. The van der Waals surface area contributed by atoms with Crippen molar-refractivity contribution < 1.29 is 23.3 Å². The Kier molecular flexibility index (Phi) is 6.61. The molecule has 0 spiro atoms. The first-order valence-corrected chi connectivity index (χ1v) is 10.7. The molecule has 0 saturated heterocycles. The number of hydrogen-bond acceptors (Lipinski definition) is 8. The lowest BCUT2D eigenvalue weighted by Gasteiger charge is -2.22. The van der Waals surface area contributed by atoms with E-state index in [1.54, 1.807) is 37.3 Å². The second-order valence-corrected chi connectivity index (χ2v) is 7.85. The lowest BCUT2D eigenvalue weighted by molar-refractivity contribution is -0.121. The Morgan fingerprint density at radius 2 is 2.06 bits per heavy atom. The minimum absolute atomic E-state index is 0.110. The standard InChI is InChI=1S/C24H19ClN4O5/c1-14-11-16(6-7-18(14)25)29(9-4-8-26)21(30)13-33-24(31)17-12-19(20-5-3-10-32-20)27-23-22(17)15(2)28-34-23/h3,5-7,10-12H,4,9,13H2,1-2H3. The SMILES string of the molecule is Cc1cc(N(CCC#N)C(=O)COC(=O)c2cc(-c3ccco3)nc3onc(C)c23)ccc1Cl. The molecule has 4 aromatic rings. The summed E-state index contributed by atoms with van der Waals surface area (Å²) in [5.74, 6) is -0.793. The van der Waals surface area contributed by atoms with Crippen molar-refractivity contribution in [2.75, 3.05) is 18.1 Å². The van der Waals surface area contributed by atoms with Crippen LogP contribution < -0.4 is 4.90 Å². The number of carbonyl (C=O) groups is 2. The number of amides is 1. The van der Waals surface area contributed by atoms with Crippen molar-refractivity contribution in [2.24, 2.45) is 0 Å². The summed E-state index contributed by atoms with van der Waals surface area (Å²) in [6.45, 7) is 3.09. The van der Waals surface area contributed by atoms with Crippen molar-refractivity contribution in [1.82, 2.24) is 10.1 Å². The van der Waals surface area contributed by atoms with Crippen LogP contribution in [0.4, 0.5) is 5.69 Å². The summed E-state index contributed by atoms with van der Waals surface area (Å²) in [6.07, 6.45) is 1.59. The summed E-state index contributed by atoms with van der Waals surface area (Å²) in [6, 6.07) is 12.0. The van der Waals surface area contributed by atoms with E-state index < -0.39 is 18.5 Å². The second-order valence-electron chi connectivity index (χ2n) is 7.44. The Morgan fingerprint density at radius 1 is 1.24 bits per heavy atom. The van der Waals surface area contributed by atoms with Gasteiger partial charge >= 0.3 is 5.97 Å². The number of rotatable bonds is 7. The van der Waals surface area contributed by atoms with Gasteiger partial charge < -0.3 is 18.6 Å². The molecule has 0 aliphatic rings. The predicted octanol–water partition coefficient (Wildman–Crippen LogP) is 4.86. The quantitative estimate of drug-likeness (QED) is 0.345. The zero-order valence-electron chi connectivity index (χ0n) is 18.4. The number of nitriles is 1. The van der Waals surface area contributed by atoms with Crippen LogP contribution in [-0.4, -0.2) is 35.2 Å². The van der Waals surface area contributed by atoms with E-state index in [0.29, 0.717) is 33.2 Å². The summed E-state index contributed by atoms with van der Waals surface area (Å²) in [5, 5.41) is 13.8. The van der Waals surface area contributed by atoms with Gasteiger partial charge in [-0.15, -0.1) is 0 Å². The number of esters is 1. The summed E-state index contributed by atoms with van der Waals surface area (Å²) in [5.41, 5.74) is 2.45. The third-order valence-corrected chi connectivity index (χ3v) is 5.56. The first-order chi connectivity index (χ1) is 16.4. The summed E-state index contributed by atoms with van der Waals surface area (Å²) >= 11 is 6.09. The van der Waals surface area contributed by atoms with Crippen LogP contribution in [0.25, 0.3) is 22.6 Å². The maximum Gasteiger partial charge on any atom is 0.339 e. The number of fused-ring (bicyclic) bond motifs is 1. The zero-order chi connectivity index (χ0) is 24.2. The molecule has 0 fully saturated rings. The van der Waals surface area contributed by atoms with Gasteiger partial charge in [-0.25, -0.2) is 9.78 Å². The smallest absolute Gasteiger partial charge is 0.339 e. The molecular weight excluding hydrogens is 460 g/mol. The third-order valence-electron chi connectivity index (χ3n) is 5.14. The molecule has 34 heavy (non-hydrogen) atoms. The number of carbonyl (C=O) groups excluding carboxylic acids is 2. The molecule has 1 aromatic carbocycles. The van der Waals surface area contributed by atoms with Crippen molar-refractivity contribution in [1.29, 1.82) is 5.26 Å². The lowest BCUT2D eigenvalue weighted by Crippen LogP contribution is -2.35. The molecule has 3 aromatic heterocycles. The molecule has 9 nitrogen and oxygen atoms in total. The minimum atomic E-state index is -0.743. The summed E-state index contributed by atoms with van der Waals surface area (Å²) in [7, 11) is 0. The predicted molar refractivity (Wildman–Crippen MR) is 123 cm³/mol. The van der Waals surface area contributed by atoms with Crippen molar-refractivity contribution in [3.63, 3.8) is 0 Å². The maximum absolute atomic E-state index is 13.0. The lowest BCUT2D eigenvalue weighted by atomic mass is 10.1. The van der Waals surface area contributed by atoms with E-state index >= 15 is 0 Å². The van der Waals surface area contributed by atoms with Gasteiger partial charge in [-0.3, -0.25) is 4.79 Å². The zero-order valence-corrected chi connectivity index (χ0v) is 19.1. The number of halogens is 1. The highest BCUT2D eigenvalue weighted by molar-refractivity contribution is 6.31. The van der Waals surface area contributed by atoms with Gasteiger partial charge in [0.05, 0.1) is 35.4 Å². The molecule has 0 bridgehead atoms. The van der Waals surface area contributed by atoms with Crippen molar-refractivity contribution in [3.8, 4) is 17.5 Å². The Hall–Kier alpha value is -4.16. The van der Waals surface area contributed by atoms with E-state index in [1.165, 1.54) is 17.2 Å². The van der Waals surface area contributed by atoms with E-state index in [9.17, 15) is 9.59 Å². The van der Waals surface area contributed by atoms with Crippen molar-refractivity contribution in [3.05, 3.63) is 64.5 Å². The molecule has 4 rings (SSSR count). The highest BCUT2D eigenvalue weighted by Crippen LogP contribution is 2.28. The fourth-order valence-electron chi connectivity index (χ4n) is 3.45. The summed E-state index contributed by atoms with van der Waals surface area (Å²) in [4.78, 5) is 31.7. The topological polar surface area (TPSA) is 122 Å². The Bertz CT molecular complexity index is 1410. The molecule has 0 radical (unpaired) electrons. The van der Waals surface area contributed by atoms with Gasteiger partial charge in [-0.2, -0.15) is 5.26 Å². The molecule has 0 saturated carbocycles. The first-order valence-electron chi connectivity index (χ1n) is 10.3. The fraction of sp³-hybridized carbons (Fsp3) is 0.208. The second kappa shape index (κ2) is 9.77. The molecule has 3 heterocycles. The number of aromatic nitrogens is 2. The number of pyridine rings is 1. The number of hydrogen-bond donors (Lipinski definition) is 0. The van der Waals surface area contributed by atoms with Crippen LogP contribution in [0.15, 0.2) is 51.6 Å². The van der Waals surface area contributed by atoms with Crippen LogP contribution in [0.2, 0.25) is 5.02 Å². The molecule has 172 valence electrons.